The van der Waals surface area contributed by atoms with Crippen molar-refractivity contribution in [2.75, 3.05) is 39.5 Å². The molecule has 2 aliphatic heterocycles. The molecule has 2 saturated heterocycles. The summed E-state index contributed by atoms with van der Waals surface area (Å²) in [6.45, 7) is -13.0. The summed E-state index contributed by atoms with van der Waals surface area (Å²) in [5, 5.41) is 12.7. The third-order valence-electron chi connectivity index (χ3n) is 11.3. The van der Waals surface area contributed by atoms with E-state index in [1.807, 2.05) is 0 Å². The molecule has 0 aromatic rings. The second-order valence-corrected chi connectivity index (χ2v) is 35.3. The number of aliphatic hydroxyl groups excluding tert-OH is 1. The van der Waals surface area contributed by atoms with Gasteiger partial charge >= 0.3 is 156 Å². The summed E-state index contributed by atoms with van der Waals surface area (Å²) in [4.78, 5) is 28.3. The molecule has 69 nitrogen and oxygen atoms in total. The van der Waals surface area contributed by atoms with Crippen LogP contribution in [0.4, 0.5) is 0 Å². The summed E-state index contributed by atoms with van der Waals surface area (Å²) in [6, 6.07) is 0. The van der Waals surface area contributed by atoms with Crippen LogP contribution in [0.25, 0.3) is 0 Å². The molecule has 2 aliphatic rings. The third-order valence-corrected chi connectivity index (χ3v) is 18.2. The zero-order chi connectivity index (χ0) is 86.8. The lowest BCUT2D eigenvalue weighted by Crippen LogP contribution is -2.65. The van der Waals surface area contributed by atoms with Gasteiger partial charge in [0.1, 0.15) is 73.2 Å². The molecule has 84 heteroatoms. The zero-order valence-corrected chi connectivity index (χ0v) is 63.7. The summed E-state index contributed by atoms with van der Waals surface area (Å²) in [7, 11) is -98.3. The Bertz CT molecular complexity index is 5070. The molecule has 0 saturated carbocycles. The average molecular weight is 1960 g/mol. The maximum atomic E-state index is 14.1. The second-order valence-electron chi connectivity index (χ2n) is 19.5. The van der Waals surface area contributed by atoms with E-state index in [1.54, 1.807) is 0 Å². The number of ether oxygens (including phenoxy) is 4. The summed E-state index contributed by atoms with van der Waals surface area (Å²) in [6.07, 6.45) is -70.7. The highest BCUT2D eigenvalue weighted by Crippen LogP contribution is 2.37. The van der Waals surface area contributed by atoms with E-state index >= 15 is 0 Å². The van der Waals surface area contributed by atoms with Crippen molar-refractivity contribution in [3.63, 3.8) is 0 Å². The summed E-state index contributed by atoms with van der Waals surface area (Å²) in [5.41, 5.74) is 0. The van der Waals surface area contributed by atoms with Crippen LogP contribution in [-0.2, 0) is 247 Å². The molecule has 660 valence electrons. The van der Waals surface area contributed by atoms with Gasteiger partial charge in [-0.25, -0.2) is 62.7 Å². The lowest BCUT2D eigenvalue weighted by molar-refractivity contribution is -0.313. The minimum atomic E-state index is -6.94. The van der Waals surface area contributed by atoms with Gasteiger partial charge in [-0.15, -0.1) is 0 Å². The van der Waals surface area contributed by atoms with Gasteiger partial charge in [0.2, 0.25) is 0 Å². The molecule has 0 aromatic heterocycles. The van der Waals surface area contributed by atoms with E-state index in [9.17, 15) is 209 Å². The molecular weight excluding hydrogens is 1910 g/mol. The fourth-order valence-electron chi connectivity index (χ4n) is 8.25. The highest BCUT2D eigenvalue weighted by atomic mass is 32.3. The Morgan fingerprint density at radius 2 is 0.550 bits per heavy atom. The van der Waals surface area contributed by atoms with Gasteiger partial charge in [-0.3, -0.25) is 77.9 Å². The molecule has 2 fully saturated rings. The predicted molar refractivity (Wildman–Crippen MR) is 314 cm³/mol. The number of aliphatic hydroxyl groups is 1. The minimum absolute atomic E-state index is 1.31. The van der Waals surface area contributed by atoms with Crippen LogP contribution in [-0.4, -0.2) is 361 Å². The summed E-state index contributed by atoms with van der Waals surface area (Å²) in [5.74, 6) is -5.46. The van der Waals surface area contributed by atoms with E-state index < -0.39 is 324 Å². The lowest BCUT2D eigenvalue weighted by atomic mass is 9.98. The molecule has 0 spiro atoms. The molecule has 111 heavy (non-hydrogen) atoms. The average Bonchev–Trinajstić information content (AvgIpc) is 0.767. The fraction of sp³-hybridized carbons (Fsp3) is 0.926. The van der Waals surface area contributed by atoms with Crippen molar-refractivity contribution in [2.45, 2.75) is 117 Å². The molecule has 18 N–H and O–H groups in total. The van der Waals surface area contributed by atoms with Gasteiger partial charge in [0.25, 0.3) is 11.8 Å². The molecule has 0 unspecified atom stereocenters. The van der Waals surface area contributed by atoms with Crippen LogP contribution >= 0.6 is 0 Å². The maximum Gasteiger partial charge on any atom is 0.398 e. The van der Waals surface area contributed by atoms with Crippen LogP contribution < -0.4 is 10.6 Å². The van der Waals surface area contributed by atoms with Crippen molar-refractivity contribution in [2.24, 2.45) is 0 Å². The van der Waals surface area contributed by atoms with Gasteiger partial charge in [0, 0.05) is 13.1 Å². The number of carbonyl (C=O) groups excluding carboxylic acids is 2. The molecule has 0 aliphatic carbocycles. The first-order valence-electron chi connectivity index (χ1n) is 25.6. The van der Waals surface area contributed by atoms with E-state index in [4.69, 9.17) is 18.9 Å². The number of rotatable bonds is 50. The molecule has 0 bridgehead atoms. The highest BCUT2D eigenvalue weighted by Gasteiger charge is 2.60. The van der Waals surface area contributed by atoms with Crippen LogP contribution in [0, 0.1) is 0 Å². The molecule has 18 atom stereocenters. The van der Waals surface area contributed by atoms with Crippen molar-refractivity contribution in [3.05, 3.63) is 0 Å². The van der Waals surface area contributed by atoms with E-state index in [1.165, 1.54) is 10.6 Å². The van der Waals surface area contributed by atoms with Crippen LogP contribution in [0.5, 0.6) is 0 Å². The van der Waals surface area contributed by atoms with E-state index in [2.05, 4.69) is 62.7 Å². The van der Waals surface area contributed by atoms with Gasteiger partial charge in [-0.2, -0.15) is 126 Å². The van der Waals surface area contributed by atoms with E-state index in [0.29, 0.717) is 0 Å². The maximum absolute atomic E-state index is 14.1. The Kier molecular flexibility index (Phi) is 36.6. The number of nitrogens with one attached hydrogen (secondary N) is 2. The molecule has 2 rings (SSSR count). The minimum Gasteiger partial charge on any atom is -0.394 e. The lowest BCUT2D eigenvalue weighted by Gasteiger charge is -2.45. The first-order chi connectivity index (χ1) is 49.1. The second kappa shape index (κ2) is 39.1. The monoisotopic (exact) mass is 1950 g/mol. The Morgan fingerprint density at radius 3 is 0.802 bits per heavy atom. The topological polar surface area (TPSA) is 1070 Å². The molecule has 2 amide bonds. The van der Waals surface area contributed by atoms with Gasteiger partial charge < -0.3 is 34.7 Å². The fourth-order valence-corrected chi connectivity index (χ4v) is 15.0. The van der Waals surface area contributed by atoms with Crippen LogP contribution in [0.1, 0.15) is 6.42 Å². The van der Waals surface area contributed by atoms with Crippen molar-refractivity contribution in [3.8, 4) is 0 Å². The first-order valence-corrected chi connectivity index (χ1v) is 46.1. The quantitative estimate of drug-likeness (QED) is 0.0199. The van der Waals surface area contributed by atoms with Gasteiger partial charge in [-0.1, -0.05) is 0 Å². The molecule has 0 radical (unpaired) electrons. The number of hydrogen-bond donors (Lipinski definition) is 18. The largest absolute Gasteiger partial charge is 0.398 e. The van der Waals surface area contributed by atoms with E-state index in [0.717, 1.165) is 0 Å². The SMILES string of the molecule is O=C(NCCCNC(=O)[C@H](OS(=O)(=O)O)[C@@H](OS(=O)(=O)O)[C@H](O[C@@H]1O[C@H](COS(=O)(=O)O)[C@H](OS(=O)(=O)O)[C@H](OS(=O)(=O)O)[C@H]1OS(=O)(=O)O)[C@@H](COS(=O)(=O)O)OS(=O)(=O)O)[C@@H](OS(=O)(=O)O)[C@H](OS(=O)(=O)O)[C@@H](O[C@H]1O[C@@H](CO)[C@@H](OS(=O)(=O)O)[C@@H](OS(=O)(=O)O)[C@@H]1OS(=O)(=O)O)[C@H](COS(=O)(=O)O)OS(=O)(=O)O. The Balaban J connectivity index is 3.20. The van der Waals surface area contributed by atoms with Crippen molar-refractivity contribution in [1.82, 2.24) is 10.6 Å². The van der Waals surface area contributed by atoms with Crippen molar-refractivity contribution in [1.29, 1.82) is 0 Å². The zero-order valence-electron chi connectivity index (χ0n) is 51.4. The highest BCUT2D eigenvalue weighted by molar-refractivity contribution is 7.84. The normalized spacial score (nSPS) is 24.6. The van der Waals surface area contributed by atoms with Crippen molar-refractivity contribution < 1.29 is 291 Å². The predicted octanol–water partition coefficient (Wildman–Crippen LogP) is -14.5. The first kappa shape index (κ1) is 104. The Labute approximate surface area is 621 Å². The molecule has 2 heterocycles. The van der Waals surface area contributed by atoms with E-state index in [-0.39, 0.29) is 0 Å². The van der Waals surface area contributed by atoms with Gasteiger partial charge in [0.15, 0.2) is 37.0 Å². The summed E-state index contributed by atoms with van der Waals surface area (Å²) >= 11 is 0. The van der Waals surface area contributed by atoms with Crippen molar-refractivity contribution >= 4 is 168 Å². The summed E-state index contributed by atoms with van der Waals surface area (Å²) < 4.78 is 590. The van der Waals surface area contributed by atoms with Gasteiger partial charge in [0.05, 0.1) is 26.4 Å². The molecule has 0 aromatic carbocycles. The molecular formula is C27H50N2O67S15. The number of hydrogen-bond acceptors (Lipinski definition) is 52. The van der Waals surface area contributed by atoms with Crippen LogP contribution in [0.3, 0.4) is 0 Å². The Morgan fingerprint density at radius 1 is 0.297 bits per heavy atom. The third kappa shape index (κ3) is 43.2. The van der Waals surface area contributed by atoms with Crippen LogP contribution in [0.15, 0.2) is 0 Å². The number of amides is 2. The standard InChI is InChI=1S/C27H50N2O67S15/c30-4-8-14(87-102(48,49)50)18(91-106(60,61)62)22(95-110(72,73)74)26(81-8)83-12(10(85-100(42,43)44)6-79-98(36,37)38)16(89-104(54,55)56)20(93-108(66,67)68)24(31)28-2-1-3-29-25(32)21(94-109(69,70)71)17(90-105(57,58)59)13(11(86-101(45,46)47)7-80-99(39,40)41)84-27-23(96-111(75,76)77)19(92-107(63,64)65)15(88-103(51,52)53)9(82-27)5-78-97(33,34)35/h8-23,26-27,30H,1-7H2,(H,28,31)(H,29,32)(H,33,34,35)(H,36,37,38)(H,39,40,41)(H,42,43,44)(H,45,46,47)(H,48,49,50)(H,51,52,53)(H,54,55,56)(H,57,58,59)(H,60,61,62)(H,63,64,65)(H,66,67,68)(H,69,70,71)(H,72,73,74)(H,75,76,77)/t8-,9+,10-,11+,12-,13+,14+,15-,16+,17-,18+,19-,20-,21+,22-,23+,26+,27-/m0/s1. The number of carbonyl (C=O) groups is 2. The van der Waals surface area contributed by atoms with Crippen LogP contribution in [0.2, 0.25) is 0 Å². The smallest absolute Gasteiger partial charge is 0.394 e. The Hall–Kier alpha value is -3.21. The van der Waals surface area contributed by atoms with Gasteiger partial charge in [-0.05, 0) is 6.42 Å².